The lowest BCUT2D eigenvalue weighted by Crippen LogP contribution is -2.21. The number of non-ortho nitro benzene ring substituents is 1. The van der Waals surface area contributed by atoms with E-state index in [1.807, 2.05) is 13.0 Å². The van der Waals surface area contributed by atoms with Gasteiger partial charge in [-0.1, -0.05) is 17.7 Å². The molecule has 2 aromatic rings. The van der Waals surface area contributed by atoms with E-state index in [4.69, 9.17) is 4.74 Å². The molecule has 0 aromatic heterocycles. The van der Waals surface area contributed by atoms with E-state index in [2.05, 4.69) is 5.32 Å². The molecule has 24 heavy (non-hydrogen) atoms. The fourth-order valence-electron chi connectivity index (χ4n) is 2.07. The first kappa shape index (κ1) is 17.1. The van der Waals surface area contributed by atoms with Crippen LogP contribution in [0.4, 0.5) is 11.4 Å². The zero-order valence-electron chi connectivity index (χ0n) is 13.2. The first-order valence-corrected chi connectivity index (χ1v) is 7.15. The summed E-state index contributed by atoms with van der Waals surface area (Å²) in [6.45, 7) is 3.05. The molecule has 0 spiro atoms. The van der Waals surface area contributed by atoms with Crippen molar-refractivity contribution >= 4 is 23.3 Å². The lowest BCUT2D eigenvalue weighted by atomic mass is 10.1. The number of nitro groups is 1. The predicted molar refractivity (Wildman–Crippen MR) is 87.9 cm³/mol. The molecule has 0 unspecified atom stereocenters. The van der Waals surface area contributed by atoms with Gasteiger partial charge in [0.2, 0.25) is 0 Å². The molecule has 0 heterocycles. The Balaban J connectivity index is 1.94. The Hall–Kier alpha value is -3.22. The van der Waals surface area contributed by atoms with Crippen molar-refractivity contribution in [1.29, 1.82) is 0 Å². The van der Waals surface area contributed by atoms with Gasteiger partial charge in [0.15, 0.2) is 6.61 Å². The fraction of sp³-hybridized carbons (Fsp3) is 0.176. The second-order valence-electron chi connectivity index (χ2n) is 5.25. The molecule has 1 amide bonds. The van der Waals surface area contributed by atoms with Gasteiger partial charge >= 0.3 is 5.97 Å². The van der Waals surface area contributed by atoms with Gasteiger partial charge in [0.05, 0.1) is 10.5 Å². The van der Waals surface area contributed by atoms with Gasteiger partial charge in [0, 0.05) is 17.8 Å². The molecule has 0 fully saturated rings. The average Bonchev–Trinajstić information content (AvgIpc) is 2.54. The van der Waals surface area contributed by atoms with Crippen LogP contribution in [-0.4, -0.2) is 23.4 Å². The van der Waals surface area contributed by atoms with E-state index in [1.165, 1.54) is 18.2 Å². The SMILES string of the molecule is Cc1cccc(C(=O)OCC(=O)Nc2ccc([N+](=O)[O-])cc2C)c1. The van der Waals surface area contributed by atoms with Crippen LogP contribution in [0.5, 0.6) is 0 Å². The summed E-state index contributed by atoms with van der Waals surface area (Å²) in [4.78, 5) is 33.9. The number of ether oxygens (including phenoxy) is 1. The third-order valence-electron chi connectivity index (χ3n) is 3.28. The van der Waals surface area contributed by atoms with Gasteiger partial charge in [-0.2, -0.15) is 0 Å². The van der Waals surface area contributed by atoms with Gasteiger partial charge in [-0.05, 0) is 37.6 Å². The minimum absolute atomic E-state index is 0.0589. The monoisotopic (exact) mass is 328 g/mol. The molecule has 0 bridgehead atoms. The maximum atomic E-state index is 11.9. The molecule has 0 saturated carbocycles. The van der Waals surface area contributed by atoms with E-state index in [1.54, 1.807) is 25.1 Å². The van der Waals surface area contributed by atoms with E-state index in [-0.39, 0.29) is 5.69 Å². The van der Waals surface area contributed by atoms with Gasteiger partial charge < -0.3 is 10.1 Å². The molecule has 0 aliphatic heterocycles. The van der Waals surface area contributed by atoms with Gasteiger partial charge in [-0.15, -0.1) is 0 Å². The van der Waals surface area contributed by atoms with Crippen molar-refractivity contribution in [3.8, 4) is 0 Å². The third kappa shape index (κ3) is 4.39. The van der Waals surface area contributed by atoms with Crippen LogP contribution < -0.4 is 5.32 Å². The van der Waals surface area contributed by atoms with Crippen molar-refractivity contribution in [3.63, 3.8) is 0 Å². The first-order chi connectivity index (χ1) is 11.4. The lowest BCUT2D eigenvalue weighted by molar-refractivity contribution is -0.384. The van der Waals surface area contributed by atoms with Crippen molar-refractivity contribution < 1.29 is 19.2 Å². The maximum Gasteiger partial charge on any atom is 0.338 e. The fourth-order valence-corrected chi connectivity index (χ4v) is 2.07. The number of nitrogens with one attached hydrogen (secondary N) is 1. The Morgan fingerprint density at radius 2 is 1.92 bits per heavy atom. The van der Waals surface area contributed by atoms with E-state index in [0.717, 1.165) is 5.56 Å². The minimum atomic E-state index is -0.589. The summed E-state index contributed by atoms with van der Waals surface area (Å²) in [5, 5.41) is 13.2. The van der Waals surface area contributed by atoms with Crippen LogP contribution in [0.3, 0.4) is 0 Å². The Morgan fingerprint density at radius 3 is 2.54 bits per heavy atom. The molecule has 2 rings (SSSR count). The molecule has 0 aliphatic carbocycles. The highest BCUT2D eigenvalue weighted by atomic mass is 16.6. The van der Waals surface area contributed by atoms with Crippen molar-refractivity contribution in [2.45, 2.75) is 13.8 Å². The summed E-state index contributed by atoms with van der Waals surface area (Å²) in [6, 6.07) is 10.9. The van der Waals surface area contributed by atoms with Gasteiger partial charge in [-0.3, -0.25) is 14.9 Å². The number of carbonyl (C=O) groups is 2. The Morgan fingerprint density at radius 1 is 1.17 bits per heavy atom. The zero-order chi connectivity index (χ0) is 17.7. The molecule has 124 valence electrons. The molecule has 2 aromatic carbocycles. The number of hydrogen-bond acceptors (Lipinski definition) is 5. The summed E-state index contributed by atoms with van der Waals surface area (Å²) in [5.41, 5.74) is 2.20. The number of rotatable bonds is 5. The lowest BCUT2D eigenvalue weighted by Gasteiger charge is -2.09. The molecular weight excluding hydrogens is 312 g/mol. The zero-order valence-corrected chi connectivity index (χ0v) is 13.2. The van der Waals surface area contributed by atoms with E-state index < -0.39 is 23.4 Å². The maximum absolute atomic E-state index is 11.9. The topological polar surface area (TPSA) is 98.5 Å². The van der Waals surface area contributed by atoms with Crippen LogP contribution in [-0.2, 0) is 9.53 Å². The number of aryl methyl sites for hydroxylation is 2. The number of amides is 1. The van der Waals surface area contributed by atoms with Crippen LogP contribution >= 0.6 is 0 Å². The molecular formula is C17H16N2O5. The number of benzene rings is 2. The average molecular weight is 328 g/mol. The molecule has 7 nitrogen and oxygen atoms in total. The number of hydrogen-bond donors (Lipinski definition) is 1. The number of nitrogens with zero attached hydrogens (tertiary/aromatic N) is 1. The van der Waals surface area contributed by atoms with Gasteiger partial charge in [0.25, 0.3) is 11.6 Å². The van der Waals surface area contributed by atoms with Crippen molar-refractivity contribution in [1.82, 2.24) is 0 Å². The second kappa shape index (κ2) is 7.36. The molecule has 0 atom stereocenters. The summed E-state index contributed by atoms with van der Waals surface area (Å²) in [7, 11) is 0. The van der Waals surface area contributed by atoms with E-state index >= 15 is 0 Å². The number of anilines is 1. The smallest absolute Gasteiger partial charge is 0.338 e. The quantitative estimate of drug-likeness (QED) is 0.517. The van der Waals surface area contributed by atoms with Crippen molar-refractivity contribution in [2.24, 2.45) is 0 Å². The highest BCUT2D eigenvalue weighted by Crippen LogP contribution is 2.21. The Kier molecular flexibility index (Phi) is 5.26. The standard InChI is InChI=1S/C17H16N2O5/c1-11-4-3-5-13(8-11)17(21)24-10-16(20)18-15-7-6-14(19(22)23)9-12(15)2/h3-9H,10H2,1-2H3,(H,18,20). The molecule has 7 heteroatoms. The predicted octanol–water partition coefficient (Wildman–Crippen LogP) is 3.01. The number of esters is 1. The van der Waals surface area contributed by atoms with Crippen LogP contribution in [0.25, 0.3) is 0 Å². The Labute approximate surface area is 138 Å². The molecule has 0 radical (unpaired) electrons. The highest BCUT2D eigenvalue weighted by molar-refractivity contribution is 5.96. The number of nitro benzene ring substituents is 1. The summed E-state index contributed by atoms with van der Waals surface area (Å²) in [5.74, 6) is -1.11. The summed E-state index contributed by atoms with van der Waals surface area (Å²) in [6.07, 6.45) is 0. The molecule has 0 saturated heterocycles. The molecule has 0 aliphatic rings. The van der Waals surface area contributed by atoms with Gasteiger partial charge in [0.1, 0.15) is 0 Å². The van der Waals surface area contributed by atoms with E-state index in [9.17, 15) is 19.7 Å². The third-order valence-corrected chi connectivity index (χ3v) is 3.28. The minimum Gasteiger partial charge on any atom is -0.452 e. The van der Waals surface area contributed by atoms with Gasteiger partial charge in [-0.25, -0.2) is 4.79 Å². The van der Waals surface area contributed by atoms with Crippen molar-refractivity contribution in [3.05, 3.63) is 69.3 Å². The first-order valence-electron chi connectivity index (χ1n) is 7.15. The number of carbonyl (C=O) groups excluding carboxylic acids is 2. The normalized spacial score (nSPS) is 10.1. The van der Waals surface area contributed by atoms with Crippen LogP contribution in [0, 0.1) is 24.0 Å². The Bertz CT molecular complexity index is 801. The largest absolute Gasteiger partial charge is 0.452 e. The van der Waals surface area contributed by atoms with Crippen LogP contribution in [0.2, 0.25) is 0 Å². The summed E-state index contributed by atoms with van der Waals surface area (Å²) >= 11 is 0. The summed E-state index contributed by atoms with van der Waals surface area (Å²) < 4.78 is 4.96. The van der Waals surface area contributed by atoms with Crippen LogP contribution in [0.1, 0.15) is 21.5 Å². The second-order valence-corrected chi connectivity index (χ2v) is 5.25. The highest BCUT2D eigenvalue weighted by Gasteiger charge is 2.13. The van der Waals surface area contributed by atoms with Crippen molar-refractivity contribution in [2.75, 3.05) is 11.9 Å². The molecule has 1 N–H and O–H groups in total. The van der Waals surface area contributed by atoms with Crippen LogP contribution in [0.15, 0.2) is 42.5 Å². The van der Waals surface area contributed by atoms with E-state index in [0.29, 0.717) is 16.8 Å².